The number of amides is 1. The fourth-order valence-electron chi connectivity index (χ4n) is 1.18. The summed E-state index contributed by atoms with van der Waals surface area (Å²) in [6.45, 7) is -0.204. The lowest BCUT2D eigenvalue weighted by atomic mass is 10.2. The lowest BCUT2D eigenvalue weighted by Crippen LogP contribution is -2.37. The van der Waals surface area contributed by atoms with Crippen LogP contribution in [0, 0.1) is 0 Å². The Hall–Kier alpha value is -0.920. The summed E-state index contributed by atoms with van der Waals surface area (Å²) in [6, 6.07) is 5.13. The second-order valence-electron chi connectivity index (χ2n) is 3.37. The molecule has 1 rings (SSSR count). The number of benzene rings is 1. The summed E-state index contributed by atoms with van der Waals surface area (Å²) >= 11 is 6.50. The minimum atomic E-state index is -1.37. The molecule has 7 heteroatoms. The van der Waals surface area contributed by atoms with Gasteiger partial charge in [-0.15, -0.1) is 0 Å². The van der Waals surface area contributed by atoms with E-state index in [1.165, 1.54) is 0 Å². The van der Waals surface area contributed by atoms with Crippen LogP contribution in [0.15, 0.2) is 27.1 Å². The lowest BCUT2D eigenvalue weighted by molar-refractivity contribution is -0.149. The first-order chi connectivity index (χ1) is 8.45. The van der Waals surface area contributed by atoms with Gasteiger partial charge in [0.2, 0.25) is 0 Å². The van der Waals surface area contributed by atoms with Crippen LogP contribution in [0.3, 0.4) is 0 Å². The average Bonchev–Trinajstić information content (AvgIpc) is 2.37. The molecule has 5 nitrogen and oxygen atoms in total. The highest BCUT2D eigenvalue weighted by Crippen LogP contribution is 2.21. The van der Waals surface area contributed by atoms with Crippen LogP contribution in [0.2, 0.25) is 0 Å². The number of esters is 1. The molecule has 1 unspecified atom stereocenters. The van der Waals surface area contributed by atoms with Crippen molar-refractivity contribution in [1.29, 1.82) is 0 Å². The van der Waals surface area contributed by atoms with Crippen molar-refractivity contribution >= 4 is 43.7 Å². The second kappa shape index (κ2) is 6.86. The minimum Gasteiger partial charge on any atom is -0.467 e. The molecule has 2 N–H and O–H groups in total. The third-order valence-electron chi connectivity index (χ3n) is 2.10. The zero-order valence-electron chi connectivity index (χ0n) is 9.44. The number of aliphatic hydroxyl groups excluding tert-OH is 1. The fraction of sp³-hybridized carbons (Fsp3) is 0.273. The normalized spacial score (nSPS) is 11.8. The molecule has 0 aliphatic carbocycles. The molecular weight excluding hydrogens is 370 g/mol. The summed E-state index contributed by atoms with van der Waals surface area (Å²) in [6.07, 6.45) is -1.37. The third-order valence-corrected chi connectivity index (χ3v) is 3.29. The van der Waals surface area contributed by atoms with E-state index in [9.17, 15) is 14.7 Å². The van der Waals surface area contributed by atoms with Crippen molar-refractivity contribution in [3.8, 4) is 0 Å². The molecule has 0 fully saturated rings. The van der Waals surface area contributed by atoms with Gasteiger partial charge in [-0.25, -0.2) is 4.79 Å². The summed E-state index contributed by atoms with van der Waals surface area (Å²) in [5, 5.41) is 11.8. The summed E-state index contributed by atoms with van der Waals surface area (Å²) in [7, 11) is 1.16. The van der Waals surface area contributed by atoms with Gasteiger partial charge in [0, 0.05) is 8.95 Å². The van der Waals surface area contributed by atoms with E-state index in [4.69, 9.17) is 0 Å². The molecular formula is C11H11Br2NO4. The summed E-state index contributed by atoms with van der Waals surface area (Å²) in [5.74, 6) is -1.19. The first-order valence-electron chi connectivity index (χ1n) is 4.95. The molecule has 1 amide bonds. The molecule has 98 valence electrons. The van der Waals surface area contributed by atoms with Crippen molar-refractivity contribution < 1.29 is 19.4 Å². The molecule has 1 aromatic carbocycles. The Bertz CT molecular complexity index is 464. The highest BCUT2D eigenvalue weighted by Gasteiger charge is 2.17. The van der Waals surface area contributed by atoms with Crippen LogP contribution in [-0.4, -0.2) is 36.7 Å². The Morgan fingerprint density at radius 2 is 2.11 bits per heavy atom. The number of halogens is 2. The topological polar surface area (TPSA) is 75.6 Å². The predicted molar refractivity (Wildman–Crippen MR) is 72.2 cm³/mol. The number of hydrogen-bond acceptors (Lipinski definition) is 4. The van der Waals surface area contributed by atoms with Gasteiger partial charge >= 0.3 is 5.97 Å². The van der Waals surface area contributed by atoms with Gasteiger partial charge in [0.1, 0.15) is 0 Å². The first kappa shape index (κ1) is 15.1. The van der Waals surface area contributed by atoms with Crippen LogP contribution >= 0.6 is 31.9 Å². The van der Waals surface area contributed by atoms with E-state index in [-0.39, 0.29) is 6.54 Å². The Morgan fingerprint density at radius 1 is 1.44 bits per heavy atom. The number of carbonyl (C=O) groups excluding carboxylic acids is 2. The van der Waals surface area contributed by atoms with Crippen molar-refractivity contribution in [2.45, 2.75) is 6.10 Å². The zero-order chi connectivity index (χ0) is 13.7. The smallest absolute Gasteiger partial charge is 0.336 e. The number of hydrogen-bond donors (Lipinski definition) is 2. The van der Waals surface area contributed by atoms with Crippen molar-refractivity contribution in [3.63, 3.8) is 0 Å². The van der Waals surface area contributed by atoms with Crippen molar-refractivity contribution in [2.75, 3.05) is 13.7 Å². The van der Waals surface area contributed by atoms with Gasteiger partial charge in [-0.3, -0.25) is 4.79 Å². The molecule has 0 aliphatic rings. The fourth-order valence-corrected chi connectivity index (χ4v) is 1.96. The van der Waals surface area contributed by atoms with Gasteiger partial charge in [0.25, 0.3) is 5.91 Å². The van der Waals surface area contributed by atoms with Crippen LogP contribution in [0.4, 0.5) is 0 Å². The van der Waals surface area contributed by atoms with E-state index < -0.39 is 18.0 Å². The third kappa shape index (κ3) is 4.08. The SMILES string of the molecule is COC(=O)C(O)CNC(=O)c1cc(Br)ccc1Br. The summed E-state index contributed by atoms with van der Waals surface area (Å²) in [4.78, 5) is 22.7. The van der Waals surface area contributed by atoms with Gasteiger partial charge in [-0.2, -0.15) is 0 Å². The quantitative estimate of drug-likeness (QED) is 0.775. The zero-order valence-corrected chi connectivity index (χ0v) is 12.6. The summed E-state index contributed by atoms with van der Waals surface area (Å²) < 4.78 is 5.71. The molecule has 1 aromatic rings. The molecule has 0 aromatic heterocycles. The van der Waals surface area contributed by atoms with Gasteiger partial charge in [0.15, 0.2) is 6.10 Å². The van der Waals surface area contributed by atoms with E-state index in [1.807, 2.05) is 0 Å². The first-order valence-corrected chi connectivity index (χ1v) is 6.53. The van der Waals surface area contributed by atoms with Gasteiger partial charge in [-0.1, -0.05) is 15.9 Å². The molecule has 18 heavy (non-hydrogen) atoms. The van der Waals surface area contributed by atoms with Gasteiger partial charge in [-0.05, 0) is 34.1 Å². The Kier molecular flexibility index (Phi) is 5.77. The van der Waals surface area contributed by atoms with Crippen LogP contribution < -0.4 is 5.32 Å². The Balaban J connectivity index is 2.66. The Morgan fingerprint density at radius 3 is 2.72 bits per heavy atom. The van der Waals surface area contributed by atoms with E-state index in [1.54, 1.807) is 18.2 Å². The molecule has 0 radical (unpaired) electrons. The molecule has 0 bridgehead atoms. The van der Waals surface area contributed by atoms with Crippen LogP contribution in [0.25, 0.3) is 0 Å². The van der Waals surface area contributed by atoms with E-state index >= 15 is 0 Å². The maximum atomic E-state index is 11.8. The molecule has 0 aliphatic heterocycles. The van der Waals surface area contributed by atoms with Crippen LogP contribution in [0.1, 0.15) is 10.4 Å². The largest absolute Gasteiger partial charge is 0.467 e. The molecule has 0 saturated carbocycles. The van der Waals surface area contributed by atoms with Crippen LogP contribution in [-0.2, 0) is 9.53 Å². The van der Waals surface area contributed by atoms with E-state index in [0.29, 0.717) is 10.0 Å². The van der Waals surface area contributed by atoms with Crippen molar-refractivity contribution in [1.82, 2.24) is 5.32 Å². The van der Waals surface area contributed by atoms with E-state index in [2.05, 4.69) is 41.9 Å². The lowest BCUT2D eigenvalue weighted by Gasteiger charge is -2.10. The molecule has 1 atom stereocenters. The predicted octanol–water partition coefficient (Wildman–Crippen LogP) is 1.48. The maximum Gasteiger partial charge on any atom is 0.336 e. The molecule has 0 spiro atoms. The van der Waals surface area contributed by atoms with E-state index in [0.717, 1.165) is 11.6 Å². The number of aliphatic hydroxyl groups is 1. The van der Waals surface area contributed by atoms with Crippen molar-refractivity contribution in [3.05, 3.63) is 32.7 Å². The molecule has 0 saturated heterocycles. The Labute approximate surface area is 121 Å². The average molecular weight is 381 g/mol. The number of nitrogens with one attached hydrogen (secondary N) is 1. The van der Waals surface area contributed by atoms with Crippen molar-refractivity contribution in [2.24, 2.45) is 0 Å². The monoisotopic (exact) mass is 379 g/mol. The number of methoxy groups -OCH3 is 1. The summed E-state index contributed by atoms with van der Waals surface area (Å²) in [5.41, 5.74) is 0.404. The number of rotatable bonds is 4. The van der Waals surface area contributed by atoms with Gasteiger partial charge in [0.05, 0.1) is 19.2 Å². The minimum absolute atomic E-state index is 0.204. The maximum absolute atomic E-state index is 11.8. The number of carbonyl (C=O) groups is 2. The van der Waals surface area contributed by atoms with Crippen LogP contribution in [0.5, 0.6) is 0 Å². The highest BCUT2D eigenvalue weighted by molar-refractivity contribution is 9.11. The van der Waals surface area contributed by atoms with Gasteiger partial charge < -0.3 is 15.2 Å². The molecule has 0 heterocycles. The standard InChI is InChI=1S/C11H11Br2NO4/c1-18-11(17)9(15)5-14-10(16)7-4-6(12)2-3-8(7)13/h2-4,9,15H,5H2,1H3,(H,14,16). The second-order valence-corrected chi connectivity index (χ2v) is 5.14. The number of ether oxygens (including phenoxy) is 1. The highest BCUT2D eigenvalue weighted by atomic mass is 79.9.